The molecule has 0 unspecified atom stereocenters. The Kier molecular flexibility index (Phi) is 5.03. The van der Waals surface area contributed by atoms with Crippen LogP contribution in [-0.4, -0.2) is 10.4 Å². The van der Waals surface area contributed by atoms with Gasteiger partial charge < -0.3 is 4.57 Å². The fraction of sp³-hybridized carbons (Fsp3) is 0.0400. The van der Waals surface area contributed by atoms with Gasteiger partial charge in [0.2, 0.25) is 5.78 Å². The van der Waals surface area contributed by atoms with Crippen LogP contribution in [0.4, 0.5) is 0 Å². The van der Waals surface area contributed by atoms with Crippen molar-refractivity contribution in [1.82, 2.24) is 4.57 Å². The van der Waals surface area contributed by atoms with Crippen LogP contribution in [0, 0.1) is 11.3 Å². The molecule has 4 rings (SSSR count). The highest BCUT2D eigenvalue weighted by Gasteiger charge is 2.24. The average Bonchev–Trinajstić information content (AvgIpc) is 3.06. The van der Waals surface area contributed by atoms with E-state index in [9.17, 15) is 10.1 Å². The van der Waals surface area contributed by atoms with Crippen molar-refractivity contribution >= 4 is 34.4 Å². The number of benzene rings is 3. The smallest absolute Gasteiger partial charge is 0.206 e. The first-order chi connectivity index (χ1) is 14.1. The van der Waals surface area contributed by atoms with Crippen LogP contribution in [0.3, 0.4) is 0 Å². The zero-order valence-electron chi connectivity index (χ0n) is 15.8. The van der Waals surface area contributed by atoms with Crippen LogP contribution in [0.5, 0.6) is 0 Å². The van der Waals surface area contributed by atoms with E-state index in [1.165, 1.54) is 0 Å². The van der Waals surface area contributed by atoms with E-state index < -0.39 is 0 Å². The van der Waals surface area contributed by atoms with Gasteiger partial charge >= 0.3 is 0 Å². The first-order valence-electron chi connectivity index (χ1n) is 9.15. The summed E-state index contributed by atoms with van der Waals surface area (Å²) in [5.74, 6) is -0.293. The normalized spacial score (nSPS) is 11.4. The van der Waals surface area contributed by atoms with Gasteiger partial charge in [-0.05, 0) is 35.4 Å². The second kappa shape index (κ2) is 7.79. The number of carbonyl (C=O) groups excluding carboxylic acids is 1. The molecule has 0 aliphatic rings. The number of nitrogens with zero attached hydrogens (tertiary/aromatic N) is 2. The number of fused-ring (bicyclic) bond motifs is 1. The monoisotopic (exact) mass is 396 g/mol. The number of Topliss-reactive ketones (excluding diaryl/α,β-unsaturated/α-hetero) is 1. The van der Waals surface area contributed by atoms with Crippen LogP contribution in [0.2, 0.25) is 5.02 Å². The Bertz CT molecular complexity index is 1280. The molecule has 3 nitrogen and oxygen atoms in total. The highest BCUT2D eigenvalue weighted by atomic mass is 35.5. The summed E-state index contributed by atoms with van der Waals surface area (Å²) in [6.07, 6.45) is 1.61. The molecule has 0 atom stereocenters. The summed E-state index contributed by atoms with van der Waals surface area (Å²) in [5, 5.41) is 11.2. The molecule has 0 bridgehead atoms. The molecule has 0 radical (unpaired) electrons. The Morgan fingerprint density at radius 1 is 0.966 bits per heavy atom. The number of aromatic nitrogens is 1. The summed E-state index contributed by atoms with van der Waals surface area (Å²) >= 11 is 5.94. The number of halogens is 1. The van der Waals surface area contributed by atoms with Gasteiger partial charge in [0, 0.05) is 23.0 Å². The maximum Gasteiger partial charge on any atom is 0.206 e. The molecule has 3 aromatic carbocycles. The molecule has 0 saturated heterocycles. The Balaban J connectivity index is 1.94. The lowest BCUT2D eigenvalue weighted by molar-refractivity contribution is 0.104. The number of nitriles is 1. The van der Waals surface area contributed by atoms with Crippen molar-refractivity contribution in [2.24, 2.45) is 7.05 Å². The molecule has 140 valence electrons. The van der Waals surface area contributed by atoms with E-state index in [0.29, 0.717) is 10.6 Å². The number of allylic oxidation sites excluding steroid dienone is 1. The van der Waals surface area contributed by atoms with Crippen LogP contribution in [0.1, 0.15) is 15.9 Å². The van der Waals surface area contributed by atoms with E-state index in [1.54, 1.807) is 30.3 Å². The predicted octanol–water partition coefficient (Wildman–Crippen LogP) is 6.29. The second-order valence-corrected chi connectivity index (χ2v) is 7.15. The third kappa shape index (κ3) is 3.47. The number of ketones is 1. The molecular formula is C25H17ClN2O. The van der Waals surface area contributed by atoms with Crippen molar-refractivity contribution in [3.8, 4) is 17.3 Å². The number of hydrogen-bond donors (Lipinski definition) is 0. The summed E-state index contributed by atoms with van der Waals surface area (Å²) in [6.45, 7) is 0. The van der Waals surface area contributed by atoms with Crippen LogP contribution in [-0.2, 0) is 7.05 Å². The summed E-state index contributed by atoms with van der Waals surface area (Å²) < 4.78 is 2.01. The molecule has 29 heavy (non-hydrogen) atoms. The van der Waals surface area contributed by atoms with Gasteiger partial charge in [0.15, 0.2) is 0 Å². The van der Waals surface area contributed by atoms with Crippen molar-refractivity contribution in [2.45, 2.75) is 0 Å². The molecule has 4 aromatic rings. The van der Waals surface area contributed by atoms with Gasteiger partial charge in [-0.25, -0.2) is 0 Å². The van der Waals surface area contributed by atoms with Gasteiger partial charge in [-0.1, -0.05) is 72.3 Å². The van der Waals surface area contributed by atoms with Gasteiger partial charge in [-0.3, -0.25) is 4.79 Å². The minimum Gasteiger partial charge on any atom is -0.343 e. The number of para-hydroxylation sites is 1. The zero-order valence-corrected chi connectivity index (χ0v) is 16.5. The third-order valence-corrected chi connectivity index (χ3v) is 5.18. The summed E-state index contributed by atoms with van der Waals surface area (Å²) in [5.41, 5.74) is 4.04. The number of rotatable bonds is 4. The Hall–Kier alpha value is -3.61. The first kappa shape index (κ1) is 18.7. The molecule has 0 aliphatic carbocycles. The van der Waals surface area contributed by atoms with E-state index in [-0.39, 0.29) is 11.4 Å². The van der Waals surface area contributed by atoms with Crippen molar-refractivity contribution < 1.29 is 4.79 Å². The Labute approximate surface area is 174 Å². The van der Waals surface area contributed by atoms with Crippen LogP contribution in [0.15, 0.2) is 84.4 Å². The van der Waals surface area contributed by atoms with E-state index >= 15 is 0 Å². The summed E-state index contributed by atoms with van der Waals surface area (Å²) in [7, 11) is 1.94. The van der Waals surface area contributed by atoms with Gasteiger partial charge in [0.25, 0.3) is 0 Å². The maximum atomic E-state index is 13.5. The van der Waals surface area contributed by atoms with E-state index in [2.05, 4.69) is 6.07 Å². The van der Waals surface area contributed by atoms with Crippen molar-refractivity contribution in [3.05, 3.63) is 101 Å². The first-order valence-corrected chi connectivity index (χ1v) is 9.53. The molecule has 0 saturated carbocycles. The lowest BCUT2D eigenvalue weighted by atomic mass is 9.96. The maximum absolute atomic E-state index is 13.5. The zero-order chi connectivity index (χ0) is 20.4. The van der Waals surface area contributed by atoms with E-state index in [0.717, 1.165) is 27.7 Å². The number of aryl methyl sites for hydroxylation is 1. The Morgan fingerprint density at radius 2 is 1.62 bits per heavy atom. The van der Waals surface area contributed by atoms with Gasteiger partial charge in [-0.15, -0.1) is 0 Å². The summed E-state index contributed by atoms with van der Waals surface area (Å²) in [4.78, 5) is 13.5. The quantitative estimate of drug-likeness (QED) is 0.231. The minimum absolute atomic E-state index is 0.0841. The molecular weight excluding hydrogens is 380 g/mol. The van der Waals surface area contributed by atoms with Crippen molar-refractivity contribution in [3.63, 3.8) is 0 Å². The second-order valence-electron chi connectivity index (χ2n) is 6.72. The summed E-state index contributed by atoms with van der Waals surface area (Å²) in [6, 6.07) is 26.6. The van der Waals surface area contributed by atoms with Crippen molar-refractivity contribution in [1.29, 1.82) is 5.26 Å². The fourth-order valence-electron chi connectivity index (χ4n) is 3.57. The highest BCUT2D eigenvalue weighted by Crippen LogP contribution is 2.34. The average molecular weight is 397 g/mol. The lowest BCUT2D eigenvalue weighted by Crippen LogP contribution is -2.04. The molecule has 1 aromatic heterocycles. The SMILES string of the molecule is Cn1c(-c2ccccc2)c(C(=O)/C(C#N)=C/c2ccc(Cl)cc2)c2ccccc21. The Morgan fingerprint density at radius 3 is 2.31 bits per heavy atom. The standard InChI is InChI=1S/C25H17ClN2O/c1-28-22-10-6-5-9-21(22)23(24(28)18-7-3-2-4-8-18)25(29)19(16-27)15-17-11-13-20(26)14-12-17/h2-15H,1H3/b19-15+. The lowest BCUT2D eigenvalue weighted by Gasteiger charge is -2.08. The molecule has 4 heteroatoms. The predicted molar refractivity (Wildman–Crippen MR) is 118 cm³/mol. The topological polar surface area (TPSA) is 45.8 Å². The van der Waals surface area contributed by atoms with Crippen LogP contribution >= 0.6 is 11.6 Å². The fourth-order valence-corrected chi connectivity index (χ4v) is 3.69. The molecule has 0 amide bonds. The molecule has 0 aliphatic heterocycles. The largest absolute Gasteiger partial charge is 0.343 e. The van der Waals surface area contributed by atoms with Crippen molar-refractivity contribution in [2.75, 3.05) is 0 Å². The van der Waals surface area contributed by atoms with Crippen LogP contribution < -0.4 is 0 Å². The highest BCUT2D eigenvalue weighted by molar-refractivity contribution is 6.30. The molecule has 0 spiro atoms. The third-order valence-electron chi connectivity index (χ3n) is 4.93. The van der Waals surface area contributed by atoms with Gasteiger partial charge in [0.05, 0.1) is 11.3 Å². The number of hydrogen-bond acceptors (Lipinski definition) is 2. The van der Waals surface area contributed by atoms with Gasteiger partial charge in [0.1, 0.15) is 11.6 Å². The van der Waals surface area contributed by atoms with E-state index in [4.69, 9.17) is 11.6 Å². The minimum atomic E-state index is -0.293. The molecule has 1 heterocycles. The van der Waals surface area contributed by atoms with Crippen LogP contribution in [0.25, 0.3) is 28.2 Å². The van der Waals surface area contributed by atoms with Gasteiger partial charge in [-0.2, -0.15) is 5.26 Å². The van der Waals surface area contributed by atoms with E-state index in [1.807, 2.05) is 66.2 Å². The molecule has 0 fully saturated rings. The molecule has 0 N–H and O–H groups in total. The number of carbonyl (C=O) groups is 1.